The molecule has 0 radical (unpaired) electrons. The maximum Gasteiger partial charge on any atom is 0.124 e. The lowest BCUT2D eigenvalue weighted by Crippen LogP contribution is -2.24. The molecule has 3 heterocycles. The van der Waals surface area contributed by atoms with Gasteiger partial charge in [0.25, 0.3) is 0 Å². The van der Waals surface area contributed by atoms with Crippen molar-refractivity contribution in [2.75, 3.05) is 11.4 Å². The van der Waals surface area contributed by atoms with Gasteiger partial charge in [0.05, 0.1) is 17.3 Å². The van der Waals surface area contributed by atoms with Gasteiger partial charge in [0.15, 0.2) is 0 Å². The molecular formula is C20H23FN4. The molecule has 0 N–H and O–H groups in total. The lowest BCUT2D eigenvalue weighted by molar-refractivity contribution is 0.629. The number of hydrogen-bond donors (Lipinski definition) is 0. The van der Waals surface area contributed by atoms with Crippen LogP contribution in [0.25, 0.3) is 10.9 Å². The van der Waals surface area contributed by atoms with Crippen LogP contribution in [0.2, 0.25) is 0 Å². The van der Waals surface area contributed by atoms with Crippen LogP contribution in [0, 0.1) is 26.6 Å². The van der Waals surface area contributed by atoms with Crippen molar-refractivity contribution in [2.45, 2.75) is 39.7 Å². The van der Waals surface area contributed by atoms with Gasteiger partial charge in [0.2, 0.25) is 0 Å². The zero-order valence-corrected chi connectivity index (χ0v) is 15.2. The number of benzene rings is 1. The van der Waals surface area contributed by atoms with Crippen molar-refractivity contribution in [2.24, 2.45) is 7.05 Å². The van der Waals surface area contributed by atoms with Crippen LogP contribution in [0.15, 0.2) is 24.3 Å². The number of aryl methyl sites for hydroxylation is 3. The van der Waals surface area contributed by atoms with E-state index >= 15 is 0 Å². The molecule has 1 aliphatic heterocycles. The monoisotopic (exact) mass is 338 g/mol. The summed E-state index contributed by atoms with van der Waals surface area (Å²) in [6, 6.07) is 7.22. The topological polar surface area (TPSA) is 34.0 Å². The van der Waals surface area contributed by atoms with E-state index in [4.69, 9.17) is 0 Å². The highest BCUT2D eigenvalue weighted by atomic mass is 19.1. The molecule has 0 amide bonds. The smallest absolute Gasteiger partial charge is 0.124 e. The van der Waals surface area contributed by atoms with Gasteiger partial charge in [-0.1, -0.05) is 0 Å². The fourth-order valence-electron chi connectivity index (χ4n) is 4.17. The van der Waals surface area contributed by atoms with E-state index in [1.54, 1.807) is 12.1 Å². The first kappa shape index (κ1) is 16.1. The predicted molar refractivity (Wildman–Crippen MR) is 98.4 cm³/mol. The average molecular weight is 338 g/mol. The first-order chi connectivity index (χ1) is 12.0. The van der Waals surface area contributed by atoms with Crippen molar-refractivity contribution in [3.63, 3.8) is 0 Å². The van der Waals surface area contributed by atoms with Gasteiger partial charge < -0.3 is 4.90 Å². The molecule has 1 unspecified atom stereocenters. The Morgan fingerprint density at radius 3 is 2.68 bits per heavy atom. The predicted octanol–water partition coefficient (Wildman–Crippen LogP) is 4.37. The van der Waals surface area contributed by atoms with Crippen LogP contribution in [0.5, 0.6) is 0 Å². The molecule has 1 aliphatic rings. The minimum atomic E-state index is -0.219. The van der Waals surface area contributed by atoms with Crippen molar-refractivity contribution < 1.29 is 4.39 Å². The van der Waals surface area contributed by atoms with E-state index < -0.39 is 0 Å². The zero-order chi connectivity index (χ0) is 17.7. The van der Waals surface area contributed by atoms with Crippen molar-refractivity contribution in [3.8, 4) is 0 Å². The molecule has 5 heteroatoms. The summed E-state index contributed by atoms with van der Waals surface area (Å²) in [5, 5.41) is 5.48. The third-order valence-electron chi connectivity index (χ3n) is 5.34. The van der Waals surface area contributed by atoms with Crippen LogP contribution < -0.4 is 4.90 Å². The van der Waals surface area contributed by atoms with Gasteiger partial charge in [-0.3, -0.25) is 9.67 Å². The third kappa shape index (κ3) is 2.58. The van der Waals surface area contributed by atoms with E-state index in [9.17, 15) is 4.39 Å². The summed E-state index contributed by atoms with van der Waals surface area (Å²) in [7, 11) is 1.99. The zero-order valence-electron chi connectivity index (χ0n) is 15.2. The van der Waals surface area contributed by atoms with Crippen LogP contribution in [0.1, 0.15) is 41.5 Å². The maximum absolute atomic E-state index is 13.9. The maximum atomic E-state index is 13.9. The molecule has 25 heavy (non-hydrogen) atoms. The van der Waals surface area contributed by atoms with Crippen molar-refractivity contribution >= 4 is 16.6 Å². The minimum absolute atomic E-state index is 0.219. The molecule has 0 saturated carbocycles. The number of nitrogens with zero attached hydrogens (tertiary/aromatic N) is 4. The molecule has 0 bridgehead atoms. The van der Waals surface area contributed by atoms with Crippen molar-refractivity contribution in [1.29, 1.82) is 0 Å². The molecule has 1 aromatic carbocycles. The summed E-state index contributed by atoms with van der Waals surface area (Å²) in [5.74, 6) is -0.219. The Kier molecular flexibility index (Phi) is 3.74. The van der Waals surface area contributed by atoms with Gasteiger partial charge in [-0.05, 0) is 57.9 Å². The van der Waals surface area contributed by atoms with Gasteiger partial charge in [-0.2, -0.15) is 5.10 Å². The van der Waals surface area contributed by atoms with Crippen LogP contribution in [-0.2, 0) is 7.05 Å². The van der Waals surface area contributed by atoms with E-state index in [1.165, 1.54) is 17.3 Å². The second-order valence-corrected chi connectivity index (χ2v) is 7.00. The van der Waals surface area contributed by atoms with E-state index in [-0.39, 0.29) is 11.9 Å². The number of halogens is 1. The minimum Gasteiger partial charge on any atom is -0.364 e. The quantitative estimate of drug-likeness (QED) is 0.695. The molecule has 3 aromatic rings. The number of fused-ring (bicyclic) bond motifs is 1. The molecule has 130 valence electrons. The number of pyridine rings is 1. The summed E-state index contributed by atoms with van der Waals surface area (Å²) < 4.78 is 15.9. The lowest BCUT2D eigenvalue weighted by Gasteiger charge is -2.29. The molecule has 0 aliphatic carbocycles. The normalized spacial score (nSPS) is 17.6. The second-order valence-electron chi connectivity index (χ2n) is 7.00. The Morgan fingerprint density at radius 2 is 1.96 bits per heavy atom. The average Bonchev–Trinajstić information content (AvgIpc) is 3.12. The summed E-state index contributed by atoms with van der Waals surface area (Å²) in [4.78, 5) is 6.99. The Hall–Kier alpha value is -2.43. The van der Waals surface area contributed by atoms with E-state index in [2.05, 4.69) is 34.9 Å². The highest BCUT2D eigenvalue weighted by Gasteiger charge is 2.31. The molecule has 4 nitrogen and oxygen atoms in total. The van der Waals surface area contributed by atoms with E-state index in [0.29, 0.717) is 0 Å². The standard InChI is InChI=1S/C20H23FN4/c1-12-10-19(16-11-15(21)7-8-17(16)22-12)25-9-5-6-18(25)20-13(2)23-24(4)14(20)3/h7-8,10-11,18H,5-6,9H2,1-4H3. The fraction of sp³-hybridized carbons (Fsp3) is 0.400. The van der Waals surface area contributed by atoms with Gasteiger partial charge in [-0.15, -0.1) is 0 Å². The SMILES string of the molecule is Cc1cc(N2CCCC2c2c(C)nn(C)c2C)c2cc(F)ccc2n1. The summed E-state index contributed by atoms with van der Waals surface area (Å²) in [5.41, 5.74) is 6.47. The molecule has 4 rings (SSSR count). The molecule has 1 atom stereocenters. The largest absolute Gasteiger partial charge is 0.364 e. The Labute approximate surface area is 147 Å². The highest BCUT2D eigenvalue weighted by molar-refractivity contribution is 5.92. The molecule has 2 aromatic heterocycles. The first-order valence-corrected chi connectivity index (χ1v) is 8.79. The summed E-state index contributed by atoms with van der Waals surface area (Å²) in [6.45, 7) is 7.17. The first-order valence-electron chi connectivity index (χ1n) is 8.79. The summed E-state index contributed by atoms with van der Waals surface area (Å²) >= 11 is 0. The Bertz CT molecular complexity index is 960. The number of hydrogen-bond acceptors (Lipinski definition) is 3. The van der Waals surface area contributed by atoms with Crippen LogP contribution in [-0.4, -0.2) is 21.3 Å². The van der Waals surface area contributed by atoms with Gasteiger partial charge in [0.1, 0.15) is 5.82 Å². The van der Waals surface area contributed by atoms with E-state index in [0.717, 1.165) is 47.4 Å². The van der Waals surface area contributed by atoms with Crippen LogP contribution in [0.4, 0.5) is 10.1 Å². The third-order valence-corrected chi connectivity index (χ3v) is 5.34. The molecule has 0 spiro atoms. The van der Waals surface area contributed by atoms with Gasteiger partial charge in [0, 0.05) is 41.6 Å². The lowest BCUT2D eigenvalue weighted by atomic mass is 10.0. The molecular weight excluding hydrogens is 315 g/mol. The number of rotatable bonds is 2. The van der Waals surface area contributed by atoms with Crippen molar-refractivity contribution in [3.05, 3.63) is 52.7 Å². The van der Waals surface area contributed by atoms with Gasteiger partial charge in [-0.25, -0.2) is 4.39 Å². The molecule has 1 saturated heterocycles. The second kappa shape index (κ2) is 5.83. The van der Waals surface area contributed by atoms with Crippen molar-refractivity contribution in [1.82, 2.24) is 14.8 Å². The number of aromatic nitrogens is 3. The highest BCUT2D eigenvalue weighted by Crippen LogP contribution is 2.41. The number of anilines is 1. The van der Waals surface area contributed by atoms with Crippen LogP contribution in [0.3, 0.4) is 0 Å². The summed E-state index contributed by atoms with van der Waals surface area (Å²) in [6.07, 6.45) is 2.21. The van der Waals surface area contributed by atoms with E-state index in [1.807, 2.05) is 18.7 Å². The Morgan fingerprint density at radius 1 is 1.16 bits per heavy atom. The molecule has 1 fully saturated rings. The Balaban J connectivity index is 1.89. The fourth-order valence-corrected chi connectivity index (χ4v) is 4.17. The van der Waals surface area contributed by atoms with Crippen LogP contribution >= 0.6 is 0 Å². The van der Waals surface area contributed by atoms with Gasteiger partial charge >= 0.3 is 0 Å².